The normalized spacial score (nSPS) is 15.3. The van der Waals surface area contributed by atoms with Crippen molar-refractivity contribution in [3.63, 3.8) is 0 Å². The van der Waals surface area contributed by atoms with Crippen molar-refractivity contribution < 1.29 is 24.5 Å². The zero-order chi connectivity index (χ0) is 28.9. The molecular weight excluding hydrogens is 502 g/mol. The maximum atomic E-state index is 10.9. The van der Waals surface area contributed by atoms with E-state index in [1.54, 1.807) is 6.07 Å². The van der Waals surface area contributed by atoms with Gasteiger partial charge in [0.1, 0.15) is 5.75 Å². The number of phenolic OH excluding ortho intramolecular Hbond substituents is 1. The molecule has 0 saturated heterocycles. The Balaban J connectivity index is 1.70. The Hall–Kier alpha value is -3.51. The van der Waals surface area contributed by atoms with Crippen LogP contribution in [0.1, 0.15) is 77.8 Å². The number of phenols is 1. The molecule has 0 bridgehead atoms. The maximum absolute atomic E-state index is 10.9. The molecule has 214 valence electrons. The average Bonchev–Trinajstić information content (AvgIpc) is 2.91. The third-order valence-electron chi connectivity index (χ3n) is 8.07. The number of ether oxygens (including phenoxy) is 2. The van der Waals surface area contributed by atoms with Gasteiger partial charge < -0.3 is 25.0 Å². The van der Waals surface area contributed by atoms with E-state index in [0.29, 0.717) is 6.61 Å². The second-order valence-corrected chi connectivity index (χ2v) is 12.1. The fourth-order valence-electron chi connectivity index (χ4n) is 5.53. The highest BCUT2D eigenvalue weighted by atomic mass is 16.7. The number of fused-ring (bicyclic) bond motifs is 1. The largest absolute Gasteiger partial charge is 0.511 e. The van der Waals surface area contributed by atoms with Gasteiger partial charge in [-0.1, -0.05) is 65.0 Å². The topological polar surface area (TPSA) is 88.0 Å². The minimum atomic E-state index is -1.47. The van der Waals surface area contributed by atoms with E-state index in [2.05, 4.69) is 68.9 Å². The summed E-state index contributed by atoms with van der Waals surface area (Å²) in [6, 6.07) is 17.6. The number of rotatable bonds is 11. The van der Waals surface area contributed by atoms with E-state index in [4.69, 9.17) is 9.84 Å². The molecule has 0 unspecified atom stereocenters. The smallest absolute Gasteiger partial charge is 0.504 e. The first-order valence-corrected chi connectivity index (χ1v) is 14.4. The van der Waals surface area contributed by atoms with Crippen LogP contribution in [0.2, 0.25) is 0 Å². The molecule has 3 aromatic rings. The number of nitrogens with one attached hydrogen (secondary N) is 1. The van der Waals surface area contributed by atoms with Crippen molar-refractivity contribution in [2.75, 3.05) is 19.7 Å². The van der Waals surface area contributed by atoms with Crippen molar-refractivity contribution in [1.82, 2.24) is 5.32 Å². The van der Waals surface area contributed by atoms with Crippen LogP contribution < -0.4 is 14.8 Å². The van der Waals surface area contributed by atoms with Gasteiger partial charge in [-0.05, 0) is 108 Å². The average molecular weight is 546 g/mol. The monoisotopic (exact) mass is 545 g/mol. The van der Waals surface area contributed by atoms with Crippen molar-refractivity contribution in [2.45, 2.75) is 77.6 Å². The van der Waals surface area contributed by atoms with Crippen molar-refractivity contribution in [3.05, 3.63) is 65.7 Å². The SMILES string of the molecule is CCCNCCCCOc1ccc(-c2ccc(OC(=O)O)c(O)c2)cc1-c1ccc2c(c1)C(C)(C)CCC2(C)C. The second-order valence-electron chi connectivity index (χ2n) is 12.1. The van der Waals surface area contributed by atoms with Gasteiger partial charge in [-0.15, -0.1) is 0 Å². The van der Waals surface area contributed by atoms with Gasteiger partial charge in [-0.2, -0.15) is 0 Å². The number of aromatic hydroxyl groups is 1. The highest BCUT2D eigenvalue weighted by Gasteiger charge is 2.37. The third kappa shape index (κ3) is 6.79. The summed E-state index contributed by atoms with van der Waals surface area (Å²) in [5, 5.41) is 22.7. The number of unbranched alkanes of at least 4 members (excludes halogenated alkanes) is 1. The molecule has 40 heavy (non-hydrogen) atoms. The van der Waals surface area contributed by atoms with Crippen LogP contribution in [0.5, 0.6) is 17.2 Å². The molecule has 3 aromatic carbocycles. The van der Waals surface area contributed by atoms with Crippen LogP contribution in [0.25, 0.3) is 22.3 Å². The lowest BCUT2D eigenvalue weighted by atomic mass is 9.63. The quantitative estimate of drug-likeness (QED) is 0.128. The van der Waals surface area contributed by atoms with Crippen LogP contribution in [-0.4, -0.2) is 36.1 Å². The van der Waals surface area contributed by atoms with E-state index >= 15 is 0 Å². The predicted molar refractivity (Wildman–Crippen MR) is 161 cm³/mol. The van der Waals surface area contributed by atoms with Crippen molar-refractivity contribution in [2.24, 2.45) is 0 Å². The van der Waals surface area contributed by atoms with E-state index < -0.39 is 6.16 Å². The summed E-state index contributed by atoms with van der Waals surface area (Å²) < 4.78 is 11.0. The Morgan fingerprint density at radius 2 is 1.48 bits per heavy atom. The number of benzene rings is 3. The van der Waals surface area contributed by atoms with Gasteiger partial charge >= 0.3 is 6.16 Å². The molecular formula is C34H43NO5. The molecule has 0 saturated carbocycles. The summed E-state index contributed by atoms with van der Waals surface area (Å²) in [6.45, 7) is 14.1. The lowest BCUT2D eigenvalue weighted by Gasteiger charge is -2.42. The van der Waals surface area contributed by atoms with Gasteiger partial charge in [-0.3, -0.25) is 0 Å². The highest BCUT2D eigenvalue weighted by Crippen LogP contribution is 2.47. The third-order valence-corrected chi connectivity index (χ3v) is 8.07. The molecule has 0 amide bonds. The van der Waals surface area contributed by atoms with Gasteiger partial charge in [0.05, 0.1) is 6.61 Å². The molecule has 0 radical (unpaired) electrons. The summed E-state index contributed by atoms with van der Waals surface area (Å²) >= 11 is 0. The van der Waals surface area contributed by atoms with Crippen LogP contribution in [0.4, 0.5) is 4.79 Å². The standard InChI is InChI=1S/C34H43NO5/c1-6-17-35-18-7-8-19-39-30-13-10-23(24-11-14-31(29(36)22-24)40-32(37)38)20-26(30)25-9-12-27-28(21-25)34(4,5)16-15-33(27,2)3/h9-14,20-22,35-36H,6-8,15-19H2,1-5H3,(H,37,38). The van der Waals surface area contributed by atoms with E-state index in [1.807, 2.05) is 12.1 Å². The number of carboxylic acid groups (broad SMARTS) is 1. The van der Waals surface area contributed by atoms with E-state index in [1.165, 1.54) is 23.3 Å². The van der Waals surface area contributed by atoms with Crippen LogP contribution in [0.15, 0.2) is 54.6 Å². The number of hydrogen-bond donors (Lipinski definition) is 3. The Labute approximate surface area is 238 Å². The summed E-state index contributed by atoms with van der Waals surface area (Å²) in [4.78, 5) is 10.9. The lowest BCUT2D eigenvalue weighted by molar-refractivity contribution is 0.143. The molecule has 1 aliphatic rings. The van der Waals surface area contributed by atoms with Gasteiger partial charge in [0, 0.05) is 5.56 Å². The van der Waals surface area contributed by atoms with Gasteiger partial charge in [0.25, 0.3) is 0 Å². The minimum absolute atomic E-state index is 0.0801. The van der Waals surface area contributed by atoms with Gasteiger partial charge in [0.15, 0.2) is 11.5 Å². The highest BCUT2D eigenvalue weighted by molar-refractivity contribution is 5.79. The Morgan fingerprint density at radius 3 is 2.15 bits per heavy atom. The number of hydrogen-bond acceptors (Lipinski definition) is 5. The molecule has 0 atom stereocenters. The maximum Gasteiger partial charge on any atom is 0.511 e. The van der Waals surface area contributed by atoms with Crippen LogP contribution >= 0.6 is 0 Å². The lowest BCUT2D eigenvalue weighted by Crippen LogP contribution is -2.33. The molecule has 1 aliphatic carbocycles. The van der Waals surface area contributed by atoms with E-state index in [9.17, 15) is 9.90 Å². The van der Waals surface area contributed by atoms with Crippen LogP contribution in [0, 0.1) is 0 Å². The summed E-state index contributed by atoms with van der Waals surface area (Å²) in [5.74, 6) is 0.508. The van der Waals surface area contributed by atoms with Crippen molar-refractivity contribution >= 4 is 6.16 Å². The zero-order valence-corrected chi connectivity index (χ0v) is 24.5. The molecule has 6 heteroatoms. The van der Waals surface area contributed by atoms with Gasteiger partial charge in [-0.25, -0.2) is 4.79 Å². The van der Waals surface area contributed by atoms with E-state index in [0.717, 1.165) is 73.2 Å². The summed E-state index contributed by atoms with van der Waals surface area (Å²) in [7, 11) is 0. The first-order chi connectivity index (χ1) is 19.0. The van der Waals surface area contributed by atoms with Crippen LogP contribution in [0.3, 0.4) is 0 Å². The molecule has 0 aromatic heterocycles. The van der Waals surface area contributed by atoms with Crippen molar-refractivity contribution in [1.29, 1.82) is 0 Å². The summed E-state index contributed by atoms with van der Waals surface area (Å²) in [6.07, 6.45) is 3.98. The number of carbonyl (C=O) groups is 1. The Bertz CT molecular complexity index is 1340. The van der Waals surface area contributed by atoms with Crippen molar-refractivity contribution in [3.8, 4) is 39.5 Å². The predicted octanol–water partition coefficient (Wildman–Crippen LogP) is 8.29. The molecule has 0 aliphatic heterocycles. The first kappa shape index (κ1) is 29.5. The van der Waals surface area contributed by atoms with Crippen LogP contribution in [-0.2, 0) is 10.8 Å². The first-order valence-electron chi connectivity index (χ1n) is 14.4. The fourth-order valence-corrected chi connectivity index (χ4v) is 5.53. The Morgan fingerprint density at radius 1 is 0.825 bits per heavy atom. The molecule has 4 rings (SSSR count). The Kier molecular flexibility index (Phi) is 9.09. The van der Waals surface area contributed by atoms with E-state index in [-0.39, 0.29) is 22.3 Å². The fraction of sp³-hybridized carbons (Fsp3) is 0.441. The van der Waals surface area contributed by atoms with Gasteiger partial charge in [0.2, 0.25) is 0 Å². The molecule has 0 spiro atoms. The molecule has 6 nitrogen and oxygen atoms in total. The molecule has 0 heterocycles. The minimum Gasteiger partial charge on any atom is -0.504 e. The summed E-state index contributed by atoms with van der Waals surface area (Å²) in [5.41, 5.74) is 6.74. The molecule has 0 fully saturated rings. The molecule has 3 N–H and O–H groups in total. The second kappa shape index (κ2) is 12.3. The zero-order valence-electron chi connectivity index (χ0n) is 24.5.